The largest absolute Gasteiger partial charge is 0.508 e. The highest BCUT2D eigenvalue weighted by atomic mass is 16.3. The normalized spacial score (nSPS) is 16.9. The van der Waals surface area contributed by atoms with Crippen molar-refractivity contribution < 1.29 is 5.11 Å². The van der Waals surface area contributed by atoms with Gasteiger partial charge in [-0.15, -0.1) is 0 Å². The summed E-state index contributed by atoms with van der Waals surface area (Å²) in [5.41, 5.74) is 1.08. The van der Waals surface area contributed by atoms with Gasteiger partial charge in [-0.3, -0.25) is 4.68 Å². The van der Waals surface area contributed by atoms with Gasteiger partial charge in [-0.2, -0.15) is 5.10 Å². The first-order valence-corrected chi connectivity index (χ1v) is 10.4. The molecule has 0 aliphatic carbocycles. The maximum absolute atomic E-state index is 9.92. The van der Waals surface area contributed by atoms with Crippen LogP contribution in [-0.4, -0.2) is 71.0 Å². The zero-order valence-corrected chi connectivity index (χ0v) is 17.1. The Morgan fingerprint density at radius 2 is 1.96 bits per heavy atom. The minimum atomic E-state index is 0.292. The van der Waals surface area contributed by atoms with Gasteiger partial charge < -0.3 is 20.2 Å². The van der Waals surface area contributed by atoms with Crippen LogP contribution >= 0.6 is 0 Å². The summed E-state index contributed by atoms with van der Waals surface area (Å²) in [6.45, 7) is 7.65. The summed E-state index contributed by atoms with van der Waals surface area (Å²) in [5, 5.41) is 19.2. The van der Waals surface area contributed by atoms with Crippen LogP contribution in [0.1, 0.15) is 39.0 Å². The van der Waals surface area contributed by atoms with E-state index in [2.05, 4.69) is 40.8 Å². The minimum absolute atomic E-state index is 0.292. The topological polar surface area (TPSA) is 56.6 Å². The van der Waals surface area contributed by atoms with Crippen molar-refractivity contribution in [2.24, 2.45) is 0 Å². The summed E-state index contributed by atoms with van der Waals surface area (Å²) >= 11 is 0. The van der Waals surface area contributed by atoms with Gasteiger partial charge in [0.05, 0.1) is 5.52 Å². The number of nitrogens with one attached hydrogen (secondary N) is 1. The summed E-state index contributed by atoms with van der Waals surface area (Å²) in [7, 11) is 4.22. The molecule has 6 nitrogen and oxygen atoms in total. The van der Waals surface area contributed by atoms with Crippen LogP contribution in [0.4, 0.5) is 5.82 Å². The molecule has 1 aliphatic heterocycles. The summed E-state index contributed by atoms with van der Waals surface area (Å²) in [6.07, 6.45) is 6.22. The first kappa shape index (κ1) is 20.0. The van der Waals surface area contributed by atoms with E-state index in [9.17, 15) is 5.11 Å². The van der Waals surface area contributed by atoms with Crippen LogP contribution < -0.4 is 5.32 Å². The van der Waals surface area contributed by atoms with E-state index in [4.69, 9.17) is 5.10 Å². The Morgan fingerprint density at radius 1 is 1.19 bits per heavy atom. The first-order valence-electron chi connectivity index (χ1n) is 10.4. The van der Waals surface area contributed by atoms with Crippen molar-refractivity contribution in [2.75, 3.05) is 45.6 Å². The molecule has 3 rings (SSSR count). The Labute approximate surface area is 163 Å². The van der Waals surface area contributed by atoms with Crippen molar-refractivity contribution in [1.82, 2.24) is 19.6 Å². The fourth-order valence-electron chi connectivity index (χ4n) is 3.73. The molecule has 0 bridgehead atoms. The van der Waals surface area contributed by atoms with Gasteiger partial charge in [0.1, 0.15) is 5.75 Å². The van der Waals surface area contributed by atoms with E-state index in [1.165, 1.54) is 32.4 Å². The van der Waals surface area contributed by atoms with Crippen LogP contribution in [-0.2, 0) is 6.54 Å². The van der Waals surface area contributed by atoms with Crippen LogP contribution in [0.2, 0.25) is 0 Å². The molecule has 2 N–H and O–H groups in total. The molecule has 1 unspecified atom stereocenters. The van der Waals surface area contributed by atoms with E-state index in [1.54, 1.807) is 6.07 Å². The molecule has 1 aromatic carbocycles. The number of benzene rings is 1. The lowest BCUT2D eigenvalue weighted by atomic mass is 10.1. The van der Waals surface area contributed by atoms with Gasteiger partial charge in [0, 0.05) is 24.5 Å². The van der Waals surface area contributed by atoms with Crippen molar-refractivity contribution in [3.63, 3.8) is 0 Å². The maximum Gasteiger partial charge on any atom is 0.156 e. The number of rotatable bonds is 9. The minimum Gasteiger partial charge on any atom is -0.508 e. The third-order valence-electron chi connectivity index (χ3n) is 5.77. The molecule has 0 amide bonds. The number of piperidine rings is 1. The van der Waals surface area contributed by atoms with Gasteiger partial charge in [-0.25, -0.2) is 0 Å². The Morgan fingerprint density at radius 3 is 2.70 bits per heavy atom. The fourth-order valence-corrected chi connectivity index (χ4v) is 3.73. The average Bonchev–Trinajstić information content (AvgIpc) is 3.01. The van der Waals surface area contributed by atoms with Crippen molar-refractivity contribution in [3.8, 4) is 5.75 Å². The van der Waals surface area contributed by atoms with Gasteiger partial charge in [-0.05, 0) is 84.5 Å². The van der Waals surface area contributed by atoms with Gasteiger partial charge >= 0.3 is 0 Å². The number of anilines is 1. The third kappa shape index (κ3) is 5.36. The van der Waals surface area contributed by atoms with Crippen LogP contribution in [0, 0.1) is 0 Å². The molecule has 1 aromatic heterocycles. The lowest BCUT2D eigenvalue weighted by Gasteiger charge is -2.26. The molecule has 150 valence electrons. The Balaban J connectivity index is 1.62. The van der Waals surface area contributed by atoms with E-state index in [1.807, 2.05) is 12.1 Å². The quantitative estimate of drug-likeness (QED) is 0.660. The number of likely N-dealkylation sites (tertiary alicyclic amines) is 1. The van der Waals surface area contributed by atoms with E-state index < -0.39 is 0 Å². The second-order valence-electron chi connectivity index (χ2n) is 8.06. The zero-order valence-electron chi connectivity index (χ0n) is 17.1. The summed E-state index contributed by atoms with van der Waals surface area (Å²) in [4.78, 5) is 4.80. The van der Waals surface area contributed by atoms with Gasteiger partial charge in [0.25, 0.3) is 0 Å². The molecule has 0 spiro atoms. The molecule has 2 aromatic rings. The van der Waals surface area contributed by atoms with Crippen molar-refractivity contribution in [3.05, 3.63) is 18.2 Å². The number of aromatic hydroxyl groups is 1. The lowest BCUT2D eigenvalue weighted by Crippen LogP contribution is -2.31. The molecule has 0 saturated carbocycles. The highest BCUT2D eigenvalue weighted by molar-refractivity contribution is 5.91. The molecule has 0 radical (unpaired) electrons. The van der Waals surface area contributed by atoms with E-state index >= 15 is 0 Å². The Hall–Kier alpha value is -1.79. The number of phenols is 1. The van der Waals surface area contributed by atoms with E-state index in [0.717, 1.165) is 49.2 Å². The van der Waals surface area contributed by atoms with Crippen LogP contribution in [0.3, 0.4) is 0 Å². The number of aromatic nitrogens is 2. The van der Waals surface area contributed by atoms with Crippen LogP contribution in [0.15, 0.2) is 18.2 Å². The molecule has 6 heteroatoms. The Kier molecular flexibility index (Phi) is 6.96. The monoisotopic (exact) mass is 373 g/mol. The molecule has 1 atom stereocenters. The molecular weight excluding hydrogens is 338 g/mol. The summed E-state index contributed by atoms with van der Waals surface area (Å²) in [5.74, 6) is 1.18. The number of hydrogen-bond acceptors (Lipinski definition) is 5. The predicted octanol–water partition coefficient (Wildman–Crippen LogP) is 3.37. The first-order chi connectivity index (χ1) is 13.0. The molecule has 1 fully saturated rings. The third-order valence-corrected chi connectivity index (χ3v) is 5.77. The van der Waals surface area contributed by atoms with Crippen LogP contribution in [0.5, 0.6) is 5.75 Å². The number of fused-ring (bicyclic) bond motifs is 1. The highest BCUT2D eigenvalue weighted by Crippen LogP contribution is 2.27. The van der Waals surface area contributed by atoms with Crippen molar-refractivity contribution in [2.45, 2.75) is 51.6 Å². The second-order valence-corrected chi connectivity index (χ2v) is 8.06. The highest BCUT2D eigenvalue weighted by Gasteiger charge is 2.13. The fraction of sp³-hybridized carbons (Fsp3) is 0.667. The molecule has 1 aliphatic rings. The number of aryl methyl sites for hydroxylation is 1. The van der Waals surface area contributed by atoms with Crippen LogP contribution in [0.25, 0.3) is 10.9 Å². The Bertz CT molecular complexity index is 721. The van der Waals surface area contributed by atoms with Gasteiger partial charge in [0.15, 0.2) is 5.82 Å². The maximum atomic E-state index is 9.92. The molecule has 27 heavy (non-hydrogen) atoms. The van der Waals surface area contributed by atoms with E-state index in [-0.39, 0.29) is 0 Å². The lowest BCUT2D eigenvalue weighted by molar-refractivity contribution is 0.228. The number of phenolic OH excluding ortho intramolecular Hbond substituents is 1. The molecule has 1 saturated heterocycles. The molecular formula is C21H35N5O. The summed E-state index contributed by atoms with van der Waals surface area (Å²) < 4.78 is 2.07. The SMILES string of the molecule is CC(CCn1nc(NCCCN2CCCCC2)c2cc(O)ccc21)N(C)C. The summed E-state index contributed by atoms with van der Waals surface area (Å²) in [6, 6.07) is 6.04. The van der Waals surface area contributed by atoms with Gasteiger partial charge in [0.2, 0.25) is 0 Å². The number of hydrogen-bond donors (Lipinski definition) is 2. The standard InChI is InChI=1S/C21H35N5O/c1-17(24(2)3)10-15-26-20-9-8-18(27)16-19(20)21(23-26)22-11-7-14-25-12-5-4-6-13-25/h8-9,16-17,27H,4-7,10-15H2,1-3H3,(H,22,23). The average molecular weight is 374 g/mol. The predicted molar refractivity (Wildman–Crippen MR) is 113 cm³/mol. The smallest absolute Gasteiger partial charge is 0.156 e. The zero-order chi connectivity index (χ0) is 19.2. The van der Waals surface area contributed by atoms with E-state index in [0.29, 0.717) is 11.8 Å². The van der Waals surface area contributed by atoms with Crippen molar-refractivity contribution in [1.29, 1.82) is 0 Å². The van der Waals surface area contributed by atoms with Gasteiger partial charge in [-0.1, -0.05) is 6.42 Å². The second kappa shape index (κ2) is 9.42. The molecule has 2 heterocycles. The van der Waals surface area contributed by atoms with Crippen molar-refractivity contribution >= 4 is 16.7 Å². The number of nitrogens with zero attached hydrogens (tertiary/aromatic N) is 4.